The van der Waals surface area contributed by atoms with E-state index >= 15 is 0 Å². The summed E-state index contributed by atoms with van der Waals surface area (Å²) >= 11 is 0. The van der Waals surface area contributed by atoms with Crippen molar-refractivity contribution in [2.24, 2.45) is 21.8 Å². The number of nitrogens with zero attached hydrogens (tertiary/aromatic N) is 6. The molecule has 1 aliphatic carbocycles. The third-order valence-electron chi connectivity index (χ3n) is 12.3. The zero-order valence-corrected chi connectivity index (χ0v) is 31.2. The van der Waals surface area contributed by atoms with Gasteiger partial charge in [-0.1, -0.05) is 153 Å². The number of para-hydroxylation sites is 3. The summed E-state index contributed by atoms with van der Waals surface area (Å²) in [6.45, 7) is 2.34. The summed E-state index contributed by atoms with van der Waals surface area (Å²) in [5.41, 5.74) is 10.4. The topological polar surface area (TPSA) is 52.4 Å². The number of rotatable bonds is 5. The predicted octanol–water partition coefficient (Wildman–Crippen LogP) is 11.6. The lowest BCUT2D eigenvalue weighted by Crippen LogP contribution is -2.26. The Hall–Kier alpha value is -7.31. The van der Waals surface area contributed by atoms with Gasteiger partial charge in [-0.05, 0) is 53.9 Å². The van der Waals surface area contributed by atoms with E-state index in [0.29, 0.717) is 0 Å². The quantitative estimate of drug-likeness (QED) is 0.174. The molecule has 0 spiro atoms. The Labute approximate surface area is 329 Å². The second-order valence-corrected chi connectivity index (χ2v) is 15.3. The van der Waals surface area contributed by atoms with E-state index in [9.17, 15) is 0 Å². The van der Waals surface area contributed by atoms with Gasteiger partial charge in [-0.2, -0.15) is 0 Å². The third-order valence-corrected chi connectivity index (χ3v) is 12.3. The maximum Gasteiger partial charge on any atom is 0.165 e. The highest BCUT2D eigenvalue weighted by molar-refractivity contribution is 6.28. The van der Waals surface area contributed by atoms with Crippen molar-refractivity contribution in [3.63, 3.8) is 0 Å². The molecule has 10 aromatic rings. The average molecular weight is 733 g/mol. The summed E-state index contributed by atoms with van der Waals surface area (Å²) in [6.07, 6.45) is 0. The summed E-state index contributed by atoms with van der Waals surface area (Å²) in [5.74, 6) is 3.06. The first-order valence-electron chi connectivity index (χ1n) is 19.7. The first-order chi connectivity index (χ1) is 28.2. The monoisotopic (exact) mass is 732 g/mol. The van der Waals surface area contributed by atoms with Gasteiger partial charge in [0.25, 0.3) is 0 Å². The zero-order valence-electron chi connectivity index (χ0n) is 31.2. The van der Waals surface area contributed by atoms with Gasteiger partial charge < -0.3 is 0 Å². The Morgan fingerprint density at radius 3 is 1.75 bits per heavy atom. The Balaban J connectivity index is 1.21. The summed E-state index contributed by atoms with van der Waals surface area (Å²) in [5, 5.41) is 3.49. The van der Waals surface area contributed by atoms with Crippen molar-refractivity contribution in [2.75, 3.05) is 0 Å². The molecule has 6 nitrogen and oxygen atoms in total. The largest absolute Gasteiger partial charge is 0.297 e. The third kappa shape index (κ3) is 4.49. The molecule has 12 rings (SSSR count). The lowest BCUT2D eigenvalue weighted by molar-refractivity contribution is 0.653. The van der Waals surface area contributed by atoms with E-state index in [2.05, 4.69) is 209 Å². The summed E-state index contributed by atoms with van der Waals surface area (Å²) in [7, 11) is 0. The number of fused-ring (bicyclic) bond motifs is 8. The van der Waals surface area contributed by atoms with E-state index < -0.39 is 5.54 Å². The van der Waals surface area contributed by atoms with Crippen molar-refractivity contribution in [3.05, 3.63) is 199 Å². The molecule has 3 unspecified atom stereocenters. The van der Waals surface area contributed by atoms with Crippen LogP contribution in [0.1, 0.15) is 18.1 Å². The minimum Gasteiger partial charge on any atom is -0.297 e. The fourth-order valence-corrected chi connectivity index (χ4v) is 9.69. The molecule has 0 bridgehead atoms. The van der Waals surface area contributed by atoms with Gasteiger partial charge in [0.1, 0.15) is 22.7 Å². The highest BCUT2D eigenvalue weighted by Crippen LogP contribution is 2.63. The van der Waals surface area contributed by atoms with Crippen LogP contribution in [0, 0.1) is 11.8 Å². The Bertz CT molecular complexity index is 3230. The van der Waals surface area contributed by atoms with Gasteiger partial charge in [-0.25, -0.2) is 9.98 Å². The van der Waals surface area contributed by atoms with E-state index in [-0.39, 0.29) is 11.8 Å². The maximum absolute atomic E-state index is 5.55. The van der Waals surface area contributed by atoms with Gasteiger partial charge >= 0.3 is 0 Å². The molecule has 0 N–H and O–H groups in total. The highest BCUT2D eigenvalue weighted by atomic mass is 15.2. The smallest absolute Gasteiger partial charge is 0.165 e. The normalized spacial score (nSPS) is 18.9. The van der Waals surface area contributed by atoms with Crippen LogP contribution in [0.15, 0.2) is 198 Å². The number of hydrogen-bond acceptors (Lipinski definition) is 3. The molecule has 2 aliphatic rings. The number of aromatic nitrogens is 4. The molecule has 4 heterocycles. The number of benzene rings is 7. The van der Waals surface area contributed by atoms with E-state index in [1.165, 1.54) is 16.3 Å². The molecule has 1 fully saturated rings. The molecule has 0 saturated heterocycles. The van der Waals surface area contributed by atoms with Gasteiger partial charge in [0.2, 0.25) is 0 Å². The van der Waals surface area contributed by atoms with Crippen LogP contribution in [0.25, 0.3) is 66.6 Å². The van der Waals surface area contributed by atoms with Crippen LogP contribution in [0.4, 0.5) is 0 Å². The molecule has 3 atom stereocenters. The molecule has 1 aliphatic heterocycles. The van der Waals surface area contributed by atoms with Crippen molar-refractivity contribution in [3.8, 4) is 22.8 Å². The standard InChI is InChI=1S/C51H36N6/c1-33-44-49(52-47(34-19-7-2-8-20-34)54-51(33,44)36-23-11-4-12-24-36)57-41-30-18-17-29-39(41)43-42(57)32-31-40-45(43)55(37-25-13-5-14-26-37)50-46(40)56(38-27-15-6-16-28-38)48(53-50)35-21-9-3-10-22-35/h2-33,44H,1H3. The second-order valence-electron chi connectivity index (χ2n) is 15.3. The summed E-state index contributed by atoms with van der Waals surface area (Å²) in [6, 6.07) is 66.5. The molecule has 1 saturated carbocycles. The molecule has 7 aromatic carbocycles. The fraction of sp³-hybridized carbons (Fsp3) is 0.0784. The first-order valence-corrected chi connectivity index (χ1v) is 19.7. The van der Waals surface area contributed by atoms with Crippen LogP contribution in [-0.4, -0.2) is 30.4 Å². The van der Waals surface area contributed by atoms with E-state index in [0.717, 1.165) is 73.1 Å². The van der Waals surface area contributed by atoms with Gasteiger partial charge in [-0.15, -0.1) is 0 Å². The number of hydrogen-bond donors (Lipinski definition) is 0. The summed E-state index contributed by atoms with van der Waals surface area (Å²) in [4.78, 5) is 16.6. The number of amidine groups is 1. The number of aliphatic imine (C=N–C) groups is 2. The fourth-order valence-electron chi connectivity index (χ4n) is 9.69. The van der Waals surface area contributed by atoms with Crippen LogP contribution in [0.2, 0.25) is 0 Å². The molecule has 270 valence electrons. The predicted molar refractivity (Wildman–Crippen MR) is 233 cm³/mol. The number of imidazole rings is 1. The van der Waals surface area contributed by atoms with Crippen LogP contribution in [-0.2, 0) is 5.54 Å². The van der Waals surface area contributed by atoms with Gasteiger partial charge in [0.05, 0.1) is 22.5 Å². The molecular weight excluding hydrogens is 697 g/mol. The van der Waals surface area contributed by atoms with Gasteiger partial charge in [-0.3, -0.25) is 18.7 Å². The summed E-state index contributed by atoms with van der Waals surface area (Å²) < 4.78 is 7.16. The van der Waals surface area contributed by atoms with Crippen molar-refractivity contribution in [1.29, 1.82) is 0 Å². The maximum atomic E-state index is 5.55. The van der Waals surface area contributed by atoms with E-state index in [1.54, 1.807) is 0 Å². The minimum atomic E-state index is -0.407. The molecule has 0 radical (unpaired) electrons. The molecule has 6 heteroatoms. The molecule has 3 aromatic heterocycles. The molecular formula is C51H36N6. The average Bonchev–Trinajstić information content (AvgIpc) is 3.54. The Morgan fingerprint density at radius 1 is 0.491 bits per heavy atom. The van der Waals surface area contributed by atoms with Crippen molar-refractivity contribution in [2.45, 2.75) is 12.5 Å². The minimum absolute atomic E-state index is 0.0968. The zero-order chi connectivity index (χ0) is 37.7. The first kappa shape index (κ1) is 32.0. The lowest BCUT2D eigenvalue weighted by atomic mass is 9.99. The van der Waals surface area contributed by atoms with Crippen LogP contribution >= 0.6 is 0 Å². The van der Waals surface area contributed by atoms with Gasteiger partial charge in [0.15, 0.2) is 11.5 Å². The SMILES string of the molecule is CC1C2C(n3c4ccccc4c4c3ccc3c5c(nc(-c6ccccc6)n5-c5ccccc5)n(-c5ccccc5)c34)=NC(c3ccccc3)=NC12c1ccccc1. The van der Waals surface area contributed by atoms with Crippen LogP contribution in [0.5, 0.6) is 0 Å². The second kappa shape index (κ2) is 12.1. The van der Waals surface area contributed by atoms with Gasteiger partial charge in [0, 0.05) is 38.7 Å². The van der Waals surface area contributed by atoms with Crippen molar-refractivity contribution >= 4 is 55.5 Å². The molecule has 0 amide bonds. The van der Waals surface area contributed by atoms with E-state index in [1.807, 2.05) is 0 Å². The van der Waals surface area contributed by atoms with Crippen LogP contribution < -0.4 is 0 Å². The van der Waals surface area contributed by atoms with Crippen molar-refractivity contribution in [1.82, 2.24) is 18.7 Å². The highest BCUT2D eigenvalue weighted by Gasteiger charge is 2.68. The van der Waals surface area contributed by atoms with Crippen molar-refractivity contribution < 1.29 is 0 Å². The van der Waals surface area contributed by atoms with Crippen LogP contribution in [0.3, 0.4) is 0 Å². The Morgan fingerprint density at radius 2 is 1.07 bits per heavy atom. The molecule has 57 heavy (non-hydrogen) atoms. The Kier molecular flexibility index (Phi) is 6.79. The lowest BCUT2D eigenvalue weighted by Gasteiger charge is -2.22. The van der Waals surface area contributed by atoms with E-state index in [4.69, 9.17) is 15.0 Å².